The van der Waals surface area contributed by atoms with Crippen LogP contribution in [0.4, 0.5) is 0 Å². The second-order valence-corrected chi connectivity index (χ2v) is 5.53. The highest BCUT2D eigenvalue weighted by molar-refractivity contribution is 9.10. The van der Waals surface area contributed by atoms with E-state index in [4.69, 9.17) is 4.74 Å². The van der Waals surface area contributed by atoms with Crippen molar-refractivity contribution in [2.24, 2.45) is 0 Å². The molecule has 2 rings (SSSR count). The van der Waals surface area contributed by atoms with Gasteiger partial charge >= 0.3 is 0 Å². The standard InChI is InChI=1S/C13H12BrNO2S/c1-8-13(18-7-15-8)12(16)6-9-5-10(17-2)3-4-11(9)14/h3-5,7H,6H2,1-2H3. The maximum atomic E-state index is 12.2. The Hall–Kier alpha value is -1.20. The van der Waals surface area contributed by atoms with Gasteiger partial charge in [0.1, 0.15) is 5.75 Å². The van der Waals surface area contributed by atoms with Crippen molar-refractivity contribution < 1.29 is 9.53 Å². The highest BCUT2D eigenvalue weighted by atomic mass is 79.9. The molecule has 0 saturated heterocycles. The number of thiazole rings is 1. The Morgan fingerprint density at radius 1 is 1.50 bits per heavy atom. The van der Waals surface area contributed by atoms with Crippen molar-refractivity contribution >= 4 is 33.0 Å². The minimum atomic E-state index is 0.0870. The van der Waals surface area contributed by atoms with Gasteiger partial charge in [0.15, 0.2) is 5.78 Å². The molecule has 2 aromatic rings. The van der Waals surface area contributed by atoms with Crippen molar-refractivity contribution in [3.05, 3.63) is 44.3 Å². The van der Waals surface area contributed by atoms with Crippen LogP contribution in [0.25, 0.3) is 0 Å². The normalized spacial score (nSPS) is 10.4. The number of methoxy groups -OCH3 is 1. The van der Waals surface area contributed by atoms with Gasteiger partial charge in [0, 0.05) is 10.9 Å². The Morgan fingerprint density at radius 3 is 2.89 bits per heavy atom. The van der Waals surface area contributed by atoms with Crippen LogP contribution in [-0.4, -0.2) is 17.9 Å². The van der Waals surface area contributed by atoms with E-state index in [1.165, 1.54) is 11.3 Å². The van der Waals surface area contributed by atoms with Gasteiger partial charge in [0.05, 0.1) is 23.2 Å². The molecule has 0 N–H and O–H groups in total. The lowest BCUT2D eigenvalue weighted by Gasteiger charge is -2.06. The Morgan fingerprint density at radius 2 is 2.28 bits per heavy atom. The number of Topliss-reactive ketones (excluding diaryl/α,β-unsaturated/α-hetero) is 1. The first-order valence-corrected chi connectivity index (χ1v) is 7.04. The summed E-state index contributed by atoms with van der Waals surface area (Å²) < 4.78 is 6.08. The van der Waals surface area contributed by atoms with Crippen LogP contribution in [0.1, 0.15) is 20.9 Å². The lowest BCUT2D eigenvalue weighted by atomic mass is 10.1. The number of halogens is 1. The van der Waals surface area contributed by atoms with Gasteiger partial charge in [-0.25, -0.2) is 4.98 Å². The van der Waals surface area contributed by atoms with Crippen molar-refractivity contribution in [2.75, 3.05) is 7.11 Å². The van der Waals surface area contributed by atoms with Crippen molar-refractivity contribution in [3.63, 3.8) is 0 Å². The molecule has 1 heterocycles. The van der Waals surface area contributed by atoms with Crippen molar-refractivity contribution in [3.8, 4) is 5.75 Å². The number of ether oxygens (including phenoxy) is 1. The minimum Gasteiger partial charge on any atom is -0.497 e. The van der Waals surface area contributed by atoms with E-state index in [2.05, 4.69) is 20.9 Å². The van der Waals surface area contributed by atoms with Crippen molar-refractivity contribution in [1.29, 1.82) is 0 Å². The third-order valence-electron chi connectivity index (χ3n) is 2.60. The third-order valence-corrected chi connectivity index (χ3v) is 4.35. The zero-order valence-electron chi connectivity index (χ0n) is 10.1. The molecule has 0 amide bonds. The molecule has 94 valence electrons. The summed E-state index contributed by atoms with van der Waals surface area (Å²) in [5.74, 6) is 0.839. The number of hydrogen-bond acceptors (Lipinski definition) is 4. The molecule has 0 bridgehead atoms. The van der Waals surface area contributed by atoms with Crippen LogP contribution >= 0.6 is 27.3 Å². The van der Waals surface area contributed by atoms with E-state index < -0.39 is 0 Å². The van der Waals surface area contributed by atoms with Gasteiger partial charge in [-0.15, -0.1) is 11.3 Å². The molecule has 0 aliphatic carbocycles. The zero-order valence-corrected chi connectivity index (χ0v) is 12.5. The molecule has 0 atom stereocenters. The first kappa shape index (κ1) is 13.2. The van der Waals surface area contributed by atoms with Crippen LogP contribution in [0.3, 0.4) is 0 Å². The minimum absolute atomic E-state index is 0.0870. The van der Waals surface area contributed by atoms with E-state index >= 15 is 0 Å². The lowest BCUT2D eigenvalue weighted by molar-refractivity contribution is 0.0996. The number of rotatable bonds is 4. The number of ketones is 1. The monoisotopic (exact) mass is 325 g/mol. The molecule has 0 unspecified atom stereocenters. The predicted octanol–water partition coefficient (Wildman–Crippen LogP) is 3.65. The van der Waals surface area contributed by atoms with Crippen LogP contribution in [0.5, 0.6) is 5.75 Å². The quantitative estimate of drug-likeness (QED) is 0.805. The summed E-state index contributed by atoms with van der Waals surface area (Å²) >= 11 is 4.84. The van der Waals surface area contributed by atoms with Gasteiger partial charge < -0.3 is 4.74 Å². The summed E-state index contributed by atoms with van der Waals surface area (Å²) in [7, 11) is 1.61. The van der Waals surface area contributed by atoms with Gasteiger partial charge in [-0.1, -0.05) is 15.9 Å². The fourth-order valence-corrected chi connectivity index (χ4v) is 2.77. The van der Waals surface area contributed by atoms with Gasteiger partial charge in [-0.2, -0.15) is 0 Å². The van der Waals surface area contributed by atoms with Crippen LogP contribution in [-0.2, 0) is 6.42 Å². The fraction of sp³-hybridized carbons (Fsp3) is 0.231. The molecule has 1 aromatic heterocycles. The average Bonchev–Trinajstić information content (AvgIpc) is 2.78. The number of nitrogens with zero attached hydrogens (tertiary/aromatic N) is 1. The summed E-state index contributed by atoms with van der Waals surface area (Å²) in [5.41, 5.74) is 3.42. The lowest BCUT2D eigenvalue weighted by Crippen LogP contribution is -2.04. The first-order valence-electron chi connectivity index (χ1n) is 5.37. The largest absolute Gasteiger partial charge is 0.497 e. The highest BCUT2D eigenvalue weighted by Crippen LogP contribution is 2.25. The van der Waals surface area contributed by atoms with Crippen LogP contribution < -0.4 is 4.74 Å². The molecule has 5 heteroatoms. The Bertz CT molecular complexity index is 580. The average molecular weight is 326 g/mol. The number of carbonyl (C=O) groups excluding carboxylic acids is 1. The van der Waals surface area contributed by atoms with E-state index in [-0.39, 0.29) is 5.78 Å². The third kappa shape index (κ3) is 2.79. The van der Waals surface area contributed by atoms with Crippen LogP contribution in [0.15, 0.2) is 28.2 Å². The van der Waals surface area contributed by atoms with E-state index in [1.807, 2.05) is 25.1 Å². The van der Waals surface area contributed by atoms with Gasteiger partial charge in [0.2, 0.25) is 0 Å². The van der Waals surface area contributed by atoms with E-state index in [1.54, 1.807) is 12.6 Å². The van der Waals surface area contributed by atoms with Gasteiger partial charge in [-0.3, -0.25) is 4.79 Å². The molecule has 0 spiro atoms. The summed E-state index contributed by atoms with van der Waals surface area (Å²) in [4.78, 5) is 17.0. The predicted molar refractivity (Wildman–Crippen MR) is 75.6 cm³/mol. The number of benzene rings is 1. The van der Waals surface area contributed by atoms with Gasteiger partial charge in [0.25, 0.3) is 0 Å². The number of carbonyl (C=O) groups is 1. The summed E-state index contributed by atoms with van der Waals surface area (Å²) in [6, 6.07) is 5.62. The van der Waals surface area contributed by atoms with Gasteiger partial charge in [-0.05, 0) is 30.7 Å². The molecule has 0 radical (unpaired) electrons. The number of aromatic nitrogens is 1. The van der Waals surface area contributed by atoms with Crippen LogP contribution in [0.2, 0.25) is 0 Å². The fourth-order valence-electron chi connectivity index (χ4n) is 1.64. The summed E-state index contributed by atoms with van der Waals surface area (Å²) in [5, 5.41) is 0. The second-order valence-electron chi connectivity index (χ2n) is 3.82. The Balaban J connectivity index is 2.24. The number of aryl methyl sites for hydroxylation is 1. The molecular weight excluding hydrogens is 314 g/mol. The zero-order chi connectivity index (χ0) is 13.1. The summed E-state index contributed by atoms with van der Waals surface area (Å²) in [6.45, 7) is 1.85. The van der Waals surface area contributed by atoms with Crippen LogP contribution in [0, 0.1) is 6.92 Å². The molecular formula is C13H12BrNO2S. The molecule has 0 saturated carbocycles. The maximum absolute atomic E-state index is 12.2. The van der Waals surface area contributed by atoms with Crippen molar-refractivity contribution in [2.45, 2.75) is 13.3 Å². The molecule has 0 aliphatic heterocycles. The molecule has 3 nitrogen and oxygen atoms in total. The molecule has 0 aliphatic rings. The van der Waals surface area contributed by atoms with Crippen molar-refractivity contribution in [1.82, 2.24) is 4.98 Å². The maximum Gasteiger partial charge on any atom is 0.179 e. The molecule has 0 fully saturated rings. The smallest absolute Gasteiger partial charge is 0.179 e. The van der Waals surface area contributed by atoms with E-state index in [9.17, 15) is 4.79 Å². The first-order chi connectivity index (χ1) is 8.61. The Labute approximate surface area is 118 Å². The highest BCUT2D eigenvalue weighted by Gasteiger charge is 2.14. The molecule has 18 heavy (non-hydrogen) atoms. The van der Waals surface area contributed by atoms with E-state index in [0.29, 0.717) is 6.42 Å². The second kappa shape index (κ2) is 5.63. The SMILES string of the molecule is COc1ccc(Br)c(CC(=O)c2scnc2C)c1. The topological polar surface area (TPSA) is 39.2 Å². The molecule has 1 aromatic carbocycles. The van der Waals surface area contributed by atoms with E-state index in [0.717, 1.165) is 26.4 Å². The Kier molecular flexibility index (Phi) is 4.14. The summed E-state index contributed by atoms with van der Waals surface area (Å²) in [6.07, 6.45) is 0.348. The number of hydrogen-bond donors (Lipinski definition) is 0.